The van der Waals surface area contributed by atoms with Crippen LogP contribution in [0.4, 0.5) is 13.2 Å². The van der Waals surface area contributed by atoms with Crippen LogP contribution in [0.2, 0.25) is 0 Å². The van der Waals surface area contributed by atoms with E-state index in [-0.39, 0.29) is 12.0 Å². The molecule has 144 valence electrons. The maximum Gasteiger partial charge on any atom is 0.416 e. The zero-order valence-electron chi connectivity index (χ0n) is 14.4. The minimum Gasteiger partial charge on any atom is -0.480 e. The fraction of sp³-hybridized carbons (Fsp3) is 0.263. The van der Waals surface area contributed by atoms with Gasteiger partial charge in [-0.15, -0.1) is 0 Å². The molecule has 5 nitrogen and oxygen atoms in total. The summed E-state index contributed by atoms with van der Waals surface area (Å²) in [6.07, 6.45) is -5.86. The average molecular weight is 381 g/mol. The number of amides is 1. The minimum atomic E-state index is -4.54. The number of halogens is 3. The summed E-state index contributed by atoms with van der Waals surface area (Å²) in [5, 5.41) is 11.7. The molecule has 0 aliphatic heterocycles. The summed E-state index contributed by atoms with van der Waals surface area (Å²) in [5.41, 5.74) is -0.207. The van der Waals surface area contributed by atoms with E-state index in [9.17, 15) is 27.9 Å². The monoisotopic (exact) mass is 381 g/mol. The molecule has 0 saturated heterocycles. The number of carbonyl (C=O) groups excluding carboxylic acids is 1. The van der Waals surface area contributed by atoms with Gasteiger partial charge < -0.3 is 15.2 Å². The van der Waals surface area contributed by atoms with E-state index < -0.39 is 35.8 Å². The van der Waals surface area contributed by atoms with E-state index in [4.69, 9.17) is 4.74 Å². The van der Waals surface area contributed by atoms with Gasteiger partial charge in [0.15, 0.2) is 6.10 Å². The summed E-state index contributed by atoms with van der Waals surface area (Å²) in [4.78, 5) is 23.9. The lowest BCUT2D eigenvalue weighted by atomic mass is 10.0. The quantitative estimate of drug-likeness (QED) is 0.772. The molecule has 8 heteroatoms. The molecule has 0 spiro atoms. The summed E-state index contributed by atoms with van der Waals surface area (Å²) in [7, 11) is 1.31. The number of nitrogens with one attached hydrogen (secondary N) is 1. The zero-order valence-corrected chi connectivity index (χ0v) is 14.4. The van der Waals surface area contributed by atoms with E-state index in [1.54, 1.807) is 30.3 Å². The Labute approximate surface area is 153 Å². The normalized spacial score (nSPS) is 13.6. The number of rotatable bonds is 7. The smallest absolute Gasteiger partial charge is 0.416 e. The van der Waals surface area contributed by atoms with Gasteiger partial charge in [0.25, 0.3) is 5.91 Å². The molecule has 0 bridgehead atoms. The van der Waals surface area contributed by atoms with Gasteiger partial charge in [0.1, 0.15) is 6.04 Å². The van der Waals surface area contributed by atoms with Crippen molar-refractivity contribution in [2.45, 2.75) is 24.7 Å². The van der Waals surface area contributed by atoms with E-state index in [1.807, 2.05) is 0 Å². The lowest BCUT2D eigenvalue weighted by molar-refractivity contribution is -0.144. The molecular formula is C19H18F3NO4. The Morgan fingerprint density at radius 1 is 1.11 bits per heavy atom. The van der Waals surface area contributed by atoms with Crippen LogP contribution in [0, 0.1) is 0 Å². The molecule has 0 heterocycles. The molecule has 2 aromatic rings. The van der Waals surface area contributed by atoms with Gasteiger partial charge in [-0.3, -0.25) is 4.79 Å². The zero-order chi connectivity index (χ0) is 20.0. The van der Waals surface area contributed by atoms with E-state index >= 15 is 0 Å². The Kier molecular flexibility index (Phi) is 6.57. The second-order valence-corrected chi connectivity index (χ2v) is 5.83. The largest absolute Gasteiger partial charge is 0.480 e. The van der Waals surface area contributed by atoms with Crippen LogP contribution >= 0.6 is 0 Å². The van der Waals surface area contributed by atoms with Gasteiger partial charge in [0.2, 0.25) is 0 Å². The first-order valence-electron chi connectivity index (χ1n) is 7.99. The SMILES string of the molecule is CO[C@@H](C(=O)N[C@@H](Cc1cccc(C(F)(F)F)c1)C(=O)O)c1ccccc1. The third-order valence-electron chi connectivity index (χ3n) is 3.88. The number of carboxylic acids is 1. The first-order valence-corrected chi connectivity index (χ1v) is 7.99. The van der Waals surface area contributed by atoms with Crippen LogP contribution in [0.5, 0.6) is 0 Å². The van der Waals surface area contributed by atoms with Crippen LogP contribution < -0.4 is 5.32 Å². The fourth-order valence-corrected chi connectivity index (χ4v) is 2.58. The molecule has 2 atom stereocenters. The highest BCUT2D eigenvalue weighted by Crippen LogP contribution is 2.29. The number of carbonyl (C=O) groups is 2. The summed E-state index contributed by atoms with van der Waals surface area (Å²) in [6, 6.07) is 11.4. The van der Waals surface area contributed by atoms with Gasteiger partial charge in [-0.05, 0) is 17.2 Å². The molecular weight excluding hydrogens is 363 g/mol. The van der Waals surface area contributed by atoms with Gasteiger partial charge in [0.05, 0.1) is 5.56 Å². The Morgan fingerprint density at radius 3 is 2.33 bits per heavy atom. The number of aliphatic carboxylic acids is 1. The Morgan fingerprint density at radius 2 is 1.78 bits per heavy atom. The van der Waals surface area contributed by atoms with E-state index in [2.05, 4.69) is 5.32 Å². The number of hydrogen-bond acceptors (Lipinski definition) is 3. The summed E-state index contributed by atoms with van der Waals surface area (Å²) in [6.45, 7) is 0. The predicted octanol–water partition coefficient (Wildman–Crippen LogP) is 3.21. The lowest BCUT2D eigenvalue weighted by Crippen LogP contribution is -2.44. The summed E-state index contributed by atoms with van der Waals surface area (Å²) < 4.78 is 43.6. The van der Waals surface area contributed by atoms with E-state index in [1.165, 1.54) is 19.2 Å². The molecule has 2 rings (SSSR count). The fourth-order valence-electron chi connectivity index (χ4n) is 2.58. The Bertz CT molecular complexity index is 793. The molecule has 0 radical (unpaired) electrons. The van der Waals surface area contributed by atoms with Crippen LogP contribution in [0.15, 0.2) is 54.6 Å². The molecule has 1 amide bonds. The molecule has 2 aromatic carbocycles. The number of ether oxygens (including phenoxy) is 1. The average Bonchev–Trinajstić information content (AvgIpc) is 2.62. The van der Waals surface area contributed by atoms with Crippen molar-refractivity contribution < 1.29 is 32.6 Å². The molecule has 0 aliphatic carbocycles. The van der Waals surface area contributed by atoms with Gasteiger partial charge in [-0.1, -0.05) is 48.5 Å². The van der Waals surface area contributed by atoms with E-state index in [0.29, 0.717) is 5.56 Å². The third kappa shape index (κ3) is 5.55. The van der Waals surface area contributed by atoms with Crippen molar-refractivity contribution in [3.05, 3.63) is 71.3 Å². The molecule has 0 aromatic heterocycles. The highest BCUT2D eigenvalue weighted by atomic mass is 19.4. The number of methoxy groups -OCH3 is 1. The van der Waals surface area contributed by atoms with Crippen LogP contribution in [0.25, 0.3) is 0 Å². The van der Waals surface area contributed by atoms with Crippen LogP contribution in [-0.2, 0) is 26.9 Å². The predicted molar refractivity (Wildman–Crippen MR) is 90.9 cm³/mol. The molecule has 0 aliphatic rings. The minimum absolute atomic E-state index is 0.145. The lowest BCUT2D eigenvalue weighted by Gasteiger charge is -2.20. The van der Waals surface area contributed by atoms with Crippen molar-refractivity contribution >= 4 is 11.9 Å². The molecule has 0 unspecified atom stereocenters. The van der Waals surface area contributed by atoms with E-state index in [0.717, 1.165) is 12.1 Å². The van der Waals surface area contributed by atoms with Crippen molar-refractivity contribution in [2.75, 3.05) is 7.11 Å². The first kappa shape index (κ1) is 20.4. The second-order valence-electron chi connectivity index (χ2n) is 5.83. The maximum absolute atomic E-state index is 12.8. The summed E-state index contributed by atoms with van der Waals surface area (Å²) >= 11 is 0. The number of benzene rings is 2. The van der Waals surface area contributed by atoms with Crippen LogP contribution in [-0.4, -0.2) is 30.1 Å². The topological polar surface area (TPSA) is 75.6 Å². The van der Waals surface area contributed by atoms with Crippen molar-refractivity contribution in [2.24, 2.45) is 0 Å². The van der Waals surface area contributed by atoms with Crippen molar-refractivity contribution in [3.8, 4) is 0 Å². The highest BCUT2D eigenvalue weighted by Gasteiger charge is 2.31. The number of alkyl halides is 3. The molecule has 0 fully saturated rings. The summed E-state index contributed by atoms with van der Waals surface area (Å²) in [5.74, 6) is -2.05. The Balaban J connectivity index is 2.16. The van der Waals surface area contributed by atoms with Crippen molar-refractivity contribution in [3.63, 3.8) is 0 Å². The molecule has 2 N–H and O–H groups in total. The third-order valence-corrected chi connectivity index (χ3v) is 3.88. The first-order chi connectivity index (χ1) is 12.7. The van der Waals surface area contributed by atoms with Gasteiger partial charge in [-0.2, -0.15) is 13.2 Å². The Hall–Kier alpha value is -2.87. The number of carboxylic acid groups (broad SMARTS) is 1. The number of hydrogen-bond donors (Lipinski definition) is 2. The van der Waals surface area contributed by atoms with Crippen LogP contribution in [0.3, 0.4) is 0 Å². The van der Waals surface area contributed by atoms with Crippen molar-refractivity contribution in [1.82, 2.24) is 5.32 Å². The molecule has 0 saturated carbocycles. The highest BCUT2D eigenvalue weighted by molar-refractivity contribution is 5.87. The van der Waals surface area contributed by atoms with Crippen LogP contribution in [0.1, 0.15) is 22.8 Å². The second kappa shape index (κ2) is 8.68. The standard InChI is InChI=1S/C19H18F3NO4/c1-27-16(13-7-3-2-4-8-13)17(24)23-15(18(25)26)11-12-6-5-9-14(10-12)19(20,21)22/h2-10,15-16H,11H2,1H3,(H,23,24)(H,25,26)/t15-,16+/m0/s1. The van der Waals surface area contributed by atoms with Crippen molar-refractivity contribution in [1.29, 1.82) is 0 Å². The van der Waals surface area contributed by atoms with Gasteiger partial charge >= 0.3 is 12.1 Å². The van der Waals surface area contributed by atoms with Gasteiger partial charge in [-0.25, -0.2) is 4.79 Å². The maximum atomic E-state index is 12.8. The van der Waals surface area contributed by atoms with Gasteiger partial charge in [0, 0.05) is 13.5 Å². The molecule has 27 heavy (non-hydrogen) atoms.